The summed E-state index contributed by atoms with van der Waals surface area (Å²) >= 11 is 0. The normalized spacial score (nSPS) is 15.1. The number of anilines is 1. The third kappa shape index (κ3) is 5.52. The van der Waals surface area contributed by atoms with E-state index < -0.39 is 5.91 Å². The molecule has 7 heteroatoms. The number of hydrogen-bond donors (Lipinski definition) is 2. The Balaban J connectivity index is 1.87. The lowest BCUT2D eigenvalue weighted by atomic mass is 10.1. The highest BCUT2D eigenvalue weighted by Crippen LogP contribution is 2.13. The van der Waals surface area contributed by atoms with Crippen LogP contribution in [0.3, 0.4) is 0 Å². The lowest BCUT2D eigenvalue weighted by Crippen LogP contribution is -2.44. The van der Waals surface area contributed by atoms with Crippen LogP contribution >= 0.6 is 0 Å². The Morgan fingerprint density at radius 2 is 2.12 bits per heavy atom. The first kappa shape index (κ1) is 19.3. The van der Waals surface area contributed by atoms with Crippen molar-refractivity contribution in [1.82, 2.24) is 10.2 Å². The molecule has 1 heterocycles. The average molecular weight is 356 g/mol. The molecule has 1 aromatic carbocycles. The molecule has 26 heavy (non-hydrogen) atoms. The molecule has 1 aliphatic heterocycles. The molecule has 0 aliphatic carbocycles. The Hall–Kier alpha value is -3.01. The lowest BCUT2D eigenvalue weighted by Gasteiger charge is -2.31. The molecule has 0 saturated carbocycles. The highest BCUT2D eigenvalue weighted by atomic mass is 16.6. The Kier molecular flexibility index (Phi) is 7.03. The standard InChI is InChI=1S/C19H24N4O3/c1-3-26-19(25)23-9-7-16(8-10-23)21-13-15(12-20)18(24)22-17-6-4-5-14(2)11-17/h4-6,11,13,16,21H,3,7-10H2,1-2H3,(H,22,24)/b15-13-. The molecular formula is C19H24N4O3. The summed E-state index contributed by atoms with van der Waals surface area (Å²) in [4.78, 5) is 25.6. The van der Waals surface area contributed by atoms with E-state index in [2.05, 4.69) is 10.6 Å². The zero-order valence-electron chi connectivity index (χ0n) is 15.1. The number of amides is 2. The minimum absolute atomic E-state index is 0.0133. The fourth-order valence-corrected chi connectivity index (χ4v) is 2.71. The number of nitrogens with one attached hydrogen (secondary N) is 2. The third-order valence-electron chi connectivity index (χ3n) is 4.13. The molecule has 138 valence electrons. The van der Waals surface area contributed by atoms with E-state index in [1.807, 2.05) is 31.2 Å². The molecule has 0 atom stereocenters. The van der Waals surface area contributed by atoms with Crippen LogP contribution in [0, 0.1) is 18.3 Å². The summed E-state index contributed by atoms with van der Waals surface area (Å²) in [5.41, 5.74) is 1.69. The molecule has 0 bridgehead atoms. The number of likely N-dealkylation sites (tertiary alicyclic amines) is 1. The number of ether oxygens (including phenoxy) is 1. The first-order valence-electron chi connectivity index (χ1n) is 8.69. The van der Waals surface area contributed by atoms with E-state index in [9.17, 15) is 14.9 Å². The largest absolute Gasteiger partial charge is 0.450 e. The van der Waals surface area contributed by atoms with E-state index in [1.54, 1.807) is 17.9 Å². The van der Waals surface area contributed by atoms with E-state index in [4.69, 9.17) is 4.74 Å². The van der Waals surface area contributed by atoms with Crippen LogP contribution in [0.5, 0.6) is 0 Å². The quantitative estimate of drug-likeness (QED) is 0.624. The Morgan fingerprint density at radius 1 is 1.38 bits per heavy atom. The number of aryl methyl sites for hydroxylation is 1. The average Bonchev–Trinajstić information content (AvgIpc) is 2.63. The van der Waals surface area contributed by atoms with Crippen molar-refractivity contribution in [1.29, 1.82) is 5.26 Å². The van der Waals surface area contributed by atoms with Crippen molar-refractivity contribution in [3.63, 3.8) is 0 Å². The van der Waals surface area contributed by atoms with Gasteiger partial charge >= 0.3 is 6.09 Å². The number of carbonyl (C=O) groups is 2. The van der Waals surface area contributed by atoms with Crippen molar-refractivity contribution in [2.75, 3.05) is 25.0 Å². The van der Waals surface area contributed by atoms with Gasteiger partial charge in [0, 0.05) is 31.0 Å². The minimum Gasteiger partial charge on any atom is -0.450 e. The van der Waals surface area contributed by atoms with Gasteiger partial charge in [-0.3, -0.25) is 4.79 Å². The fraction of sp³-hybridized carbons (Fsp3) is 0.421. The van der Waals surface area contributed by atoms with E-state index in [0.29, 0.717) is 25.4 Å². The maximum atomic E-state index is 12.2. The van der Waals surface area contributed by atoms with Crippen molar-refractivity contribution < 1.29 is 14.3 Å². The van der Waals surface area contributed by atoms with Gasteiger partial charge in [0.25, 0.3) is 5.91 Å². The molecule has 1 aliphatic rings. The SMILES string of the molecule is CCOC(=O)N1CCC(N/C=C(/C#N)C(=O)Nc2cccc(C)c2)CC1. The van der Waals surface area contributed by atoms with Crippen LogP contribution in [0.1, 0.15) is 25.3 Å². The number of piperidine rings is 1. The monoisotopic (exact) mass is 356 g/mol. The van der Waals surface area contributed by atoms with Gasteiger partial charge in [0.15, 0.2) is 0 Å². The topological polar surface area (TPSA) is 94.5 Å². The highest BCUT2D eigenvalue weighted by molar-refractivity contribution is 6.06. The predicted octanol–water partition coefficient (Wildman–Crippen LogP) is 2.55. The van der Waals surface area contributed by atoms with Gasteiger partial charge < -0.3 is 20.3 Å². The summed E-state index contributed by atoms with van der Waals surface area (Å²) in [6, 6.07) is 9.42. The van der Waals surface area contributed by atoms with E-state index in [-0.39, 0.29) is 17.7 Å². The zero-order valence-corrected chi connectivity index (χ0v) is 15.1. The predicted molar refractivity (Wildman–Crippen MR) is 98.3 cm³/mol. The molecule has 2 N–H and O–H groups in total. The van der Waals surface area contributed by atoms with Gasteiger partial charge in [0.2, 0.25) is 0 Å². The van der Waals surface area contributed by atoms with Crippen LogP contribution in [-0.4, -0.2) is 42.6 Å². The van der Waals surface area contributed by atoms with Crippen molar-refractivity contribution in [2.24, 2.45) is 0 Å². The second-order valence-electron chi connectivity index (χ2n) is 6.12. The maximum Gasteiger partial charge on any atom is 0.409 e. The molecule has 0 aromatic heterocycles. The fourth-order valence-electron chi connectivity index (χ4n) is 2.71. The second-order valence-corrected chi connectivity index (χ2v) is 6.12. The smallest absolute Gasteiger partial charge is 0.409 e. The first-order valence-corrected chi connectivity index (χ1v) is 8.69. The zero-order chi connectivity index (χ0) is 18.9. The van der Waals surface area contributed by atoms with Gasteiger partial charge in [-0.15, -0.1) is 0 Å². The summed E-state index contributed by atoms with van der Waals surface area (Å²) in [5.74, 6) is -0.449. The molecule has 2 rings (SSSR count). The van der Waals surface area contributed by atoms with Gasteiger partial charge in [-0.2, -0.15) is 5.26 Å². The summed E-state index contributed by atoms with van der Waals surface area (Å²) in [7, 11) is 0. The van der Waals surface area contributed by atoms with Crippen molar-refractivity contribution >= 4 is 17.7 Å². The molecule has 1 saturated heterocycles. The minimum atomic E-state index is -0.449. The van der Waals surface area contributed by atoms with Gasteiger partial charge in [-0.25, -0.2) is 4.79 Å². The van der Waals surface area contributed by atoms with Crippen LogP contribution in [0.2, 0.25) is 0 Å². The summed E-state index contributed by atoms with van der Waals surface area (Å²) in [5, 5.41) is 15.1. The number of carbonyl (C=O) groups excluding carboxylic acids is 2. The van der Waals surface area contributed by atoms with Gasteiger partial charge in [-0.05, 0) is 44.4 Å². The molecule has 0 radical (unpaired) electrons. The maximum absolute atomic E-state index is 12.2. The number of hydrogen-bond acceptors (Lipinski definition) is 5. The summed E-state index contributed by atoms with van der Waals surface area (Å²) < 4.78 is 4.99. The van der Waals surface area contributed by atoms with Gasteiger partial charge in [0.1, 0.15) is 11.6 Å². The highest BCUT2D eigenvalue weighted by Gasteiger charge is 2.23. The summed E-state index contributed by atoms with van der Waals surface area (Å²) in [6.07, 6.45) is 2.62. The van der Waals surface area contributed by atoms with E-state index >= 15 is 0 Å². The van der Waals surface area contributed by atoms with E-state index in [1.165, 1.54) is 6.20 Å². The Bertz CT molecular complexity index is 716. The number of nitrogens with zero attached hydrogens (tertiary/aromatic N) is 2. The van der Waals surface area contributed by atoms with Crippen LogP contribution in [0.4, 0.5) is 10.5 Å². The Labute approximate surface area is 153 Å². The van der Waals surface area contributed by atoms with Crippen LogP contribution in [0.15, 0.2) is 36.0 Å². The summed E-state index contributed by atoms with van der Waals surface area (Å²) in [6.45, 7) is 5.24. The van der Waals surface area contributed by atoms with Crippen molar-refractivity contribution in [3.8, 4) is 6.07 Å². The van der Waals surface area contributed by atoms with Gasteiger partial charge in [0.05, 0.1) is 6.61 Å². The second kappa shape index (κ2) is 9.47. The lowest BCUT2D eigenvalue weighted by molar-refractivity contribution is -0.112. The van der Waals surface area contributed by atoms with Crippen LogP contribution in [-0.2, 0) is 9.53 Å². The molecule has 2 amide bonds. The van der Waals surface area contributed by atoms with E-state index in [0.717, 1.165) is 18.4 Å². The molecular weight excluding hydrogens is 332 g/mol. The number of rotatable bonds is 5. The Morgan fingerprint density at radius 3 is 2.73 bits per heavy atom. The van der Waals surface area contributed by atoms with Crippen molar-refractivity contribution in [2.45, 2.75) is 32.7 Å². The number of benzene rings is 1. The molecule has 0 unspecified atom stereocenters. The third-order valence-corrected chi connectivity index (χ3v) is 4.13. The molecule has 7 nitrogen and oxygen atoms in total. The van der Waals surface area contributed by atoms with Gasteiger partial charge in [-0.1, -0.05) is 12.1 Å². The van der Waals surface area contributed by atoms with Crippen molar-refractivity contribution in [3.05, 3.63) is 41.6 Å². The first-order chi connectivity index (χ1) is 12.5. The van der Waals surface area contributed by atoms with Crippen LogP contribution < -0.4 is 10.6 Å². The molecule has 0 spiro atoms. The number of nitriles is 1. The van der Waals surface area contributed by atoms with Crippen LogP contribution in [0.25, 0.3) is 0 Å². The molecule has 1 aromatic rings. The molecule has 1 fully saturated rings.